The van der Waals surface area contributed by atoms with Gasteiger partial charge in [0, 0.05) is 17.7 Å². The van der Waals surface area contributed by atoms with Crippen LogP contribution in [0.2, 0.25) is 0 Å². The maximum atomic E-state index is 13.7. The highest BCUT2D eigenvalue weighted by Gasteiger charge is 2.29. The predicted molar refractivity (Wildman–Crippen MR) is 79.7 cm³/mol. The SMILES string of the molecule is COc1cccc2c1C(=O)C(Nc1ccc(F)cc1F)=CC2=O. The predicted octanol–water partition coefficient (Wildman–Crippen LogP) is 3.35. The third-order valence-electron chi connectivity index (χ3n) is 3.46. The normalized spacial score (nSPS) is 13.4. The Morgan fingerprint density at radius 1 is 1.09 bits per heavy atom. The van der Waals surface area contributed by atoms with Crippen LogP contribution >= 0.6 is 0 Å². The molecule has 0 radical (unpaired) electrons. The minimum absolute atomic E-state index is 0.0995. The van der Waals surface area contributed by atoms with Crippen LogP contribution in [0.25, 0.3) is 0 Å². The molecule has 1 aliphatic carbocycles. The van der Waals surface area contributed by atoms with Gasteiger partial charge in [0.25, 0.3) is 0 Å². The summed E-state index contributed by atoms with van der Waals surface area (Å²) in [7, 11) is 1.39. The number of carbonyl (C=O) groups excluding carboxylic acids is 2. The summed E-state index contributed by atoms with van der Waals surface area (Å²) in [5.74, 6) is -2.24. The summed E-state index contributed by atoms with van der Waals surface area (Å²) in [6, 6.07) is 7.58. The van der Waals surface area contributed by atoms with Gasteiger partial charge in [0.05, 0.1) is 24.1 Å². The number of methoxy groups -OCH3 is 1. The molecule has 0 atom stereocenters. The van der Waals surface area contributed by atoms with E-state index in [9.17, 15) is 18.4 Å². The van der Waals surface area contributed by atoms with Gasteiger partial charge in [0.1, 0.15) is 17.4 Å². The van der Waals surface area contributed by atoms with Crippen molar-refractivity contribution in [3.05, 3.63) is 70.9 Å². The number of ether oxygens (including phenoxy) is 1. The lowest BCUT2D eigenvalue weighted by molar-refractivity contribution is 0.0982. The molecule has 6 heteroatoms. The maximum absolute atomic E-state index is 13.7. The second-order valence-corrected chi connectivity index (χ2v) is 4.88. The van der Waals surface area contributed by atoms with Gasteiger partial charge in [-0.05, 0) is 18.2 Å². The van der Waals surface area contributed by atoms with Crippen molar-refractivity contribution >= 4 is 17.3 Å². The van der Waals surface area contributed by atoms with Crippen LogP contribution in [0.4, 0.5) is 14.5 Å². The lowest BCUT2D eigenvalue weighted by Crippen LogP contribution is -2.22. The van der Waals surface area contributed by atoms with E-state index in [1.54, 1.807) is 12.1 Å². The molecule has 0 bridgehead atoms. The first-order chi connectivity index (χ1) is 11.0. The summed E-state index contributed by atoms with van der Waals surface area (Å²) in [6.45, 7) is 0. The van der Waals surface area contributed by atoms with Crippen molar-refractivity contribution in [2.45, 2.75) is 0 Å². The second kappa shape index (κ2) is 5.64. The minimum atomic E-state index is -0.864. The molecule has 0 aliphatic heterocycles. The molecule has 2 aromatic rings. The van der Waals surface area contributed by atoms with Crippen LogP contribution in [-0.2, 0) is 0 Å². The molecule has 23 heavy (non-hydrogen) atoms. The number of allylic oxidation sites excluding steroid dienone is 2. The van der Waals surface area contributed by atoms with Crippen LogP contribution in [-0.4, -0.2) is 18.7 Å². The Kier molecular flexibility index (Phi) is 3.65. The first-order valence-electron chi connectivity index (χ1n) is 6.71. The van der Waals surface area contributed by atoms with E-state index in [-0.39, 0.29) is 28.3 Å². The van der Waals surface area contributed by atoms with Crippen LogP contribution in [0, 0.1) is 11.6 Å². The molecule has 0 heterocycles. The molecule has 0 saturated carbocycles. The largest absolute Gasteiger partial charge is 0.496 e. The van der Waals surface area contributed by atoms with E-state index in [1.165, 1.54) is 13.2 Å². The van der Waals surface area contributed by atoms with E-state index in [4.69, 9.17) is 4.74 Å². The van der Waals surface area contributed by atoms with Gasteiger partial charge in [-0.1, -0.05) is 12.1 Å². The van der Waals surface area contributed by atoms with Crippen LogP contribution in [0.15, 0.2) is 48.2 Å². The fraction of sp³-hybridized carbons (Fsp3) is 0.0588. The van der Waals surface area contributed by atoms with Gasteiger partial charge in [0.15, 0.2) is 5.78 Å². The van der Waals surface area contributed by atoms with Crippen molar-refractivity contribution in [1.29, 1.82) is 0 Å². The van der Waals surface area contributed by atoms with Crippen molar-refractivity contribution in [3.8, 4) is 5.75 Å². The van der Waals surface area contributed by atoms with Crippen molar-refractivity contribution in [1.82, 2.24) is 0 Å². The topological polar surface area (TPSA) is 55.4 Å². The molecule has 3 rings (SSSR count). The molecule has 1 aliphatic rings. The summed E-state index contributed by atoms with van der Waals surface area (Å²) in [5.41, 5.74) is 0.140. The molecule has 0 unspecified atom stereocenters. The van der Waals surface area contributed by atoms with Gasteiger partial charge in [-0.25, -0.2) is 8.78 Å². The zero-order chi connectivity index (χ0) is 16.6. The van der Waals surface area contributed by atoms with Gasteiger partial charge in [-0.3, -0.25) is 9.59 Å². The Morgan fingerprint density at radius 2 is 1.87 bits per heavy atom. The number of rotatable bonds is 3. The third kappa shape index (κ3) is 2.59. The lowest BCUT2D eigenvalue weighted by Gasteiger charge is -2.19. The third-order valence-corrected chi connectivity index (χ3v) is 3.46. The van der Waals surface area contributed by atoms with Crippen molar-refractivity contribution < 1.29 is 23.1 Å². The van der Waals surface area contributed by atoms with Crippen LogP contribution in [0.5, 0.6) is 5.75 Å². The second-order valence-electron chi connectivity index (χ2n) is 4.88. The van der Waals surface area contributed by atoms with E-state index < -0.39 is 23.2 Å². The number of ketones is 2. The summed E-state index contributed by atoms with van der Waals surface area (Å²) < 4.78 is 31.8. The Hall–Kier alpha value is -3.02. The van der Waals surface area contributed by atoms with Gasteiger partial charge in [-0.2, -0.15) is 0 Å². The van der Waals surface area contributed by atoms with E-state index in [0.717, 1.165) is 18.2 Å². The van der Waals surface area contributed by atoms with Gasteiger partial charge in [-0.15, -0.1) is 0 Å². The van der Waals surface area contributed by atoms with E-state index in [0.29, 0.717) is 6.07 Å². The van der Waals surface area contributed by atoms with Crippen LogP contribution < -0.4 is 10.1 Å². The average Bonchev–Trinajstić information content (AvgIpc) is 2.54. The maximum Gasteiger partial charge on any atom is 0.213 e. The number of carbonyl (C=O) groups is 2. The summed E-state index contributed by atoms with van der Waals surface area (Å²) in [4.78, 5) is 24.7. The molecule has 0 aromatic heterocycles. The smallest absolute Gasteiger partial charge is 0.213 e. The van der Waals surface area contributed by atoms with E-state index in [2.05, 4.69) is 5.32 Å². The Labute approximate surface area is 130 Å². The van der Waals surface area contributed by atoms with E-state index in [1.807, 2.05) is 0 Å². The zero-order valence-corrected chi connectivity index (χ0v) is 12.0. The van der Waals surface area contributed by atoms with Gasteiger partial charge >= 0.3 is 0 Å². The van der Waals surface area contributed by atoms with Crippen molar-refractivity contribution in [2.24, 2.45) is 0 Å². The minimum Gasteiger partial charge on any atom is -0.496 e. The highest BCUT2D eigenvalue weighted by molar-refractivity contribution is 6.26. The first kappa shape index (κ1) is 14.9. The van der Waals surface area contributed by atoms with Gasteiger partial charge in [0.2, 0.25) is 5.78 Å². The number of hydrogen-bond acceptors (Lipinski definition) is 4. The quantitative estimate of drug-likeness (QED) is 0.944. The zero-order valence-electron chi connectivity index (χ0n) is 12.0. The Bertz CT molecular complexity index is 859. The van der Waals surface area contributed by atoms with Crippen LogP contribution in [0.1, 0.15) is 20.7 Å². The monoisotopic (exact) mass is 315 g/mol. The van der Waals surface area contributed by atoms with Crippen molar-refractivity contribution in [3.63, 3.8) is 0 Å². The summed E-state index contributed by atoms with van der Waals surface area (Å²) >= 11 is 0. The molecular formula is C17H11F2NO3. The standard InChI is InChI=1S/C17H11F2NO3/c1-23-15-4-2-3-10-14(21)8-13(17(22)16(10)15)20-12-6-5-9(18)7-11(12)19/h2-8,20H,1H3. The summed E-state index contributed by atoms with van der Waals surface area (Å²) in [6.07, 6.45) is 1.09. The highest BCUT2D eigenvalue weighted by Crippen LogP contribution is 2.30. The molecular weight excluding hydrogens is 304 g/mol. The number of halogens is 2. The number of Topliss-reactive ketones (excluding diaryl/α,β-unsaturated/α-hetero) is 1. The molecule has 4 nitrogen and oxygen atoms in total. The molecule has 116 valence electrons. The number of fused-ring (bicyclic) bond motifs is 1. The lowest BCUT2D eigenvalue weighted by atomic mass is 9.91. The van der Waals surface area contributed by atoms with Crippen molar-refractivity contribution in [2.75, 3.05) is 12.4 Å². The molecule has 0 saturated heterocycles. The molecule has 0 fully saturated rings. The number of hydrogen-bond donors (Lipinski definition) is 1. The first-order valence-corrected chi connectivity index (χ1v) is 6.71. The summed E-state index contributed by atoms with van der Waals surface area (Å²) in [5, 5.41) is 2.54. The highest BCUT2D eigenvalue weighted by atomic mass is 19.1. The fourth-order valence-corrected chi connectivity index (χ4v) is 2.38. The van der Waals surface area contributed by atoms with Gasteiger partial charge < -0.3 is 10.1 Å². The average molecular weight is 315 g/mol. The number of nitrogens with one attached hydrogen (secondary N) is 1. The molecule has 2 aromatic carbocycles. The molecule has 0 amide bonds. The number of anilines is 1. The fourth-order valence-electron chi connectivity index (χ4n) is 2.38. The number of benzene rings is 2. The molecule has 1 N–H and O–H groups in total. The Morgan fingerprint density at radius 3 is 2.57 bits per heavy atom. The molecule has 0 spiro atoms. The van der Waals surface area contributed by atoms with E-state index >= 15 is 0 Å². The van der Waals surface area contributed by atoms with Crippen LogP contribution in [0.3, 0.4) is 0 Å². The Balaban J connectivity index is 2.02.